The Morgan fingerprint density at radius 1 is 1.04 bits per heavy atom. The van der Waals surface area contributed by atoms with Crippen molar-refractivity contribution >= 4 is 17.1 Å². The van der Waals surface area contributed by atoms with E-state index in [9.17, 15) is 4.79 Å². The average molecular weight is 312 g/mol. The van der Waals surface area contributed by atoms with Crippen LogP contribution in [0.3, 0.4) is 0 Å². The maximum absolute atomic E-state index is 10.9. The second kappa shape index (κ2) is 8.14. The minimum atomic E-state index is 0.353. The molecule has 0 aliphatic heterocycles. The Morgan fingerprint density at radius 3 is 2.39 bits per heavy atom. The summed E-state index contributed by atoms with van der Waals surface area (Å²) in [5.74, 6) is 1.82. The first-order valence-electron chi connectivity index (χ1n) is 8.82. The fourth-order valence-corrected chi connectivity index (χ4v) is 3.21. The van der Waals surface area contributed by atoms with Crippen LogP contribution in [0.1, 0.15) is 62.4 Å². The Hall–Kier alpha value is -1.83. The minimum Gasteiger partial charge on any atom is -0.490 e. The first-order valence-corrected chi connectivity index (χ1v) is 8.82. The van der Waals surface area contributed by atoms with Gasteiger partial charge in [0.05, 0.1) is 6.10 Å². The Labute approximate surface area is 139 Å². The number of fused-ring (bicyclic) bond motifs is 1. The third-order valence-corrected chi connectivity index (χ3v) is 4.66. The summed E-state index contributed by atoms with van der Waals surface area (Å²) in [4.78, 5) is 10.9. The van der Waals surface area contributed by atoms with Crippen molar-refractivity contribution in [1.29, 1.82) is 0 Å². The monoisotopic (exact) mass is 312 g/mol. The molecule has 1 aliphatic rings. The van der Waals surface area contributed by atoms with Crippen LogP contribution in [0.2, 0.25) is 0 Å². The van der Waals surface area contributed by atoms with E-state index in [0.29, 0.717) is 6.10 Å². The zero-order valence-corrected chi connectivity index (χ0v) is 14.8. The SMILES string of the molecule is CC.Cc1c(OC2CCC(C)CC2)ccc2cc(C=O)ccc12. The van der Waals surface area contributed by atoms with E-state index in [4.69, 9.17) is 4.74 Å². The highest BCUT2D eigenvalue weighted by Gasteiger charge is 2.20. The van der Waals surface area contributed by atoms with Gasteiger partial charge in [-0.15, -0.1) is 0 Å². The van der Waals surface area contributed by atoms with E-state index in [1.807, 2.05) is 38.1 Å². The molecule has 2 nitrogen and oxygen atoms in total. The fraction of sp³-hybridized carbons (Fsp3) is 0.476. The molecular formula is C21H28O2. The normalized spacial score (nSPS) is 20.5. The van der Waals surface area contributed by atoms with Gasteiger partial charge in [0.2, 0.25) is 0 Å². The zero-order chi connectivity index (χ0) is 16.8. The first kappa shape index (κ1) is 17.5. The fourth-order valence-electron chi connectivity index (χ4n) is 3.21. The predicted octanol–water partition coefficient (Wildman–Crippen LogP) is 5.94. The smallest absolute Gasteiger partial charge is 0.150 e. The number of hydrogen-bond acceptors (Lipinski definition) is 2. The third kappa shape index (κ3) is 4.13. The van der Waals surface area contributed by atoms with Crippen LogP contribution in [0.5, 0.6) is 5.75 Å². The molecule has 124 valence electrons. The molecule has 2 heteroatoms. The molecule has 0 atom stereocenters. The van der Waals surface area contributed by atoms with E-state index in [2.05, 4.69) is 19.9 Å². The van der Waals surface area contributed by atoms with Gasteiger partial charge in [-0.25, -0.2) is 0 Å². The maximum atomic E-state index is 10.9. The predicted molar refractivity (Wildman–Crippen MR) is 97.5 cm³/mol. The van der Waals surface area contributed by atoms with E-state index in [0.717, 1.165) is 41.7 Å². The maximum Gasteiger partial charge on any atom is 0.150 e. The molecule has 0 saturated heterocycles. The van der Waals surface area contributed by atoms with Gasteiger partial charge in [-0.1, -0.05) is 39.0 Å². The van der Waals surface area contributed by atoms with Crippen molar-refractivity contribution in [2.24, 2.45) is 5.92 Å². The van der Waals surface area contributed by atoms with Gasteiger partial charge in [-0.2, -0.15) is 0 Å². The lowest BCUT2D eigenvalue weighted by molar-refractivity contribution is 0.112. The van der Waals surface area contributed by atoms with E-state index in [1.165, 1.54) is 23.8 Å². The molecule has 0 bridgehead atoms. The zero-order valence-electron chi connectivity index (χ0n) is 14.8. The molecule has 1 saturated carbocycles. The van der Waals surface area contributed by atoms with Gasteiger partial charge in [0, 0.05) is 5.56 Å². The number of aldehydes is 1. The summed E-state index contributed by atoms with van der Waals surface area (Å²) in [6, 6.07) is 9.92. The molecule has 0 amide bonds. The van der Waals surface area contributed by atoms with Crippen molar-refractivity contribution in [2.45, 2.75) is 59.5 Å². The molecule has 0 heterocycles. The molecule has 3 rings (SSSR count). The van der Waals surface area contributed by atoms with Crippen molar-refractivity contribution in [1.82, 2.24) is 0 Å². The van der Waals surface area contributed by atoms with Gasteiger partial charge in [0.1, 0.15) is 12.0 Å². The summed E-state index contributed by atoms with van der Waals surface area (Å²) in [5.41, 5.74) is 1.89. The van der Waals surface area contributed by atoms with Crippen LogP contribution < -0.4 is 4.74 Å². The number of rotatable bonds is 3. The number of benzene rings is 2. The third-order valence-electron chi connectivity index (χ3n) is 4.66. The Balaban J connectivity index is 0.000000924. The van der Waals surface area contributed by atoms with Gasteiger partial charge in [0.15, 0.2) is 0 Å². The van der Waals surface area contributed by atoms with Gasteiger partial charge >= 0.3 is 0 Å². The summed E-state index contributed by atoms with van der Waals surface area (Å²) in [6.45, 7) is 8.42. The largest absolute Gasteiger partial charge is 0.490 e. The molecule has 0 N–H and O–H groups in total. The van der Waals surface area contributed by atoms with Gasteiger partial charge in [-0.3, -0.25) is 4.79 Å². The molecule has 2 aromatic rings. The molecule has 0 unspecified atom stereocenters. The van der Waals surface area contributed by atoms with Crippen LogP contribution in [-0.2, 0) is 0 Å². The second-order valence-electron chi connectivity index (χ2n) is 6.29. The van der Waals surface area contributed by atoms with E-state index in [-0.39, 0.29) is 0 Å². The van der Waals surface area contributed by atoms with Crippen LogP contribution in [-0.4, -0.2) is 12.4 Å². The van der Waals surface area contributed by atoms with E-state index in [1.54, 1.807) is 0 Å². The van der Waals surface area contributed by atoms with Crippen molar-refractivity contribution in [3.63, 3.8) is 0 Å². The number of hydrogen-bond donors (Lipinski definition) is 0. The van der Waals surface area contributed by atoms with Gasteiger partial charge in [0.25, 0.3) is 0 Å². The van der Waals surface area contributed by atoms with E-state index >= 15 is 0 Å². The van der Waals surface area contributed by atoms with Crippen molar-refractivity contribution in [2.75, 3.05) is 0 Å². The Bertz CT molecular complexity index is 652. The molecule has 0 aromatic heterocycles. The van der Waals surface area contributed by atoms with Crippen molar-refractivity contribution in [3.8, 4) is 5.75 Å². The number of carbonyl (C=O) groups excluding carboxylic acids is 1. The quantitative estimate of drug-likeness (QED) is 0.655. The molecule has 1 aliphatic carbocycles. The average Bonchev–Trinajstić information content (AvgIpc) is 2.60. The topological polar surface area (TPSA) is 26.3 Å². The summed E-state index contributed by atoms with van der Waals surface area (Å²) in [7, 11) is 0. The van der Waals surface area contributed by atoms with E-state index < -0.39 is 0 Å². The van der Waals surface area contributed by atoms with Crippen molar-refractivity contribution < 1.29 is 9.53 Å². The molecule has 23 heavy (non-hydrogen) atoms. The first-order chi connectivity index (χ1) is 11.2. The lowest BCUT2D eigenvalue weighted by Gasteiger charge is -2.27. The Kier molecular flexibility index (Phi) is 6.20. The molecule has 2 aromatic carbocycles. The summed E-state index contributed by atoms with van der Waals surface area (Å²) < 4.78 is 6.23. The van der Waals surface area contributed by atoms with Gasteiger partial charge in [-0.05, 0) is 67.0 Å². The lowest BCUT2D eigenvalue weighted by Crippen LogP contribution is -2.23. The van der Waals surface area contributed by atoms with Crippen LogP contribution in [0.15, 0.2) is 30.3 Å². The molecule has 1 fully saturated rings. The van der Waals surface area contributed by atoms with Crippen LogP contribution in [0.4, 0.5) is 0 Å². The van der Waals surface area contributed by atoms with Crippen LogP contribution in [0.25, 0.3) is 10.8 Å². The lowest BCUT2D eigenvalue weighted by atomic mass is 9.89. The minimum absolute atomic E-state index is 0.353. The summed E-state index contributed by atoms with van der Waals surface area (Å²) in [6.07, 6.45) is 6.08. The highest BCUT2D eigenvalue weighted by molar-refractivity contribution is 5.92. The standard InChI is InChI=1S/C19H22O2.C2H6/c1-13-3-7-17(8-4-13)21-19-10-6-16-11-15(12-20)5-9-18(16)14(19)2;1-2/h5-6,9-13,17H,3-4,7-8H2,1-2H3;1-2H3. The Morgan fingerprint density at radius 2 is 1.74 bits per heavy atom. The highest BCUT2D eigenvalue weighted by Crippen LogP contribution is 2.32. The van der Waals surface area contributed by atoms with Crippen LogP contribution >= 0.6 is 0 Å². The summed E-state index contributed by atoms with van der Waals surface area (Å²) >= 11 is 0. The number of ether oxygens (including phenoxy) is 1. The summed E-state index contributed by atoms with van der Waals surface area (Å²) in [5, 5.41) is 2.27. The van der Waals surface area contributed by atoms with Gasteiger partial charge < -0.3 is 4.74 Å². The number of carbonyl (C=O) groups is 1. The van der Waals surface area contributed by atoms with Crippen molar-refractivity contribution in [3.05, 3.63) is 41.5 Å². The second-order valence-corrected chi connectivity index (χ2v) is 6.29. The highest BCUT2D eigenvalue weighted by atomic mass is 16.5. The van der Waals surface area contributed by atoms with Crippen LogP contribution in [0, 0.1) is 12.8 Å². The molecule has 0 radical (unpaired) electrons. The number of aryl methyl sites for hydroxylation is 1. The molecule has 0 spiro atoms. The molecular weight excluding hydrogens is 284 g/mol.